The van der Waals surface area contributed by atoms with E-state index in [0.29, 0.717) is 0 Å². The third-order valence-corrected chi connectivity index (χ3v) is 6.55. The first kappa shape index (κ1) is 19.8. The highest BCUT2D eigenvalue weighted by Crippen LogP contribution is 2.35. The zero-order chi connectivity index (χ0) is 22.2. The highest BCUT2D eigenvalue weighted by molar-refractivity contribution is 7.13. The molecule has 33 heavy (non-hydrogen) atoms. The quantitative estimate of drug-likeness (QED) is 0.315. The number of pyridine rings is 3. The lowest BCUT2D eigenvalue weighted by atomic mass is 10.1. The number of aromatic nitrogens is 6. The molecule has 0 radical (unpaired) electrons. The van der Waals surface area contributed by atoms with Gasteiger partial charge < -0.3 is 10.3 Å². The van der Waals surface area contributed by atoms with Crippen molar-refractivity contribution in [3.05, 3.63) is 72.1 Å². The molecule has 0 saturated heterocycles. The van der Waals surface area contributed by atoms with Gasteiger partial charge in [0.25, 0.3) is 0 Å². The molecule has 0 aliphatic rings. The maximum Gasteiger partial charge on any atom is 0.116 e. The van der Waals surface area contributed by atoms with Gasteiger partial charge in [0.1, 0.15) is 5.69 Å². The zero-order valence-corrected chi connectivity index (χ0v) is 18.8. The van der Waals surface area contributed by atoms with Crippen molar-refractivity contribution >= 4 is 33.1 Å². The normalized spacial score (nSPS) is 11.5. The fourth-order valence-electron chi connectivity index (χ4n) is 4.06. The predicted octanol–water partition coefficient (Wildman–Crippen LogP) is 5.40. The molecule has 6 heterocycles. The summed E-state index contributed by atoms with van der Waals surface area (Å²) >= 11 is 1.69. The first-order chi connectivity index (χ1) is 16.3. The van der Waals surface area contributed by atoms with Crippen molar-refractivity contribution in [2.45, 2.75) is 13.5 Å². The van der Waals surface area contributed by atoms with Crippen LogP contribution in [0.15, 0.2) is 66.6 Å². The van der Waals surface area contributed by atoms with Crippen molar-refractivity contribution < 1.29 is 0 Å². The number of rotatable bonds is 6. The van der Waals surface area contributed by atoms with Gasteiger partial charge in [-0.15, -0.1) is 11.3 Å². The molecule has 162 valence electrons. The summed E-state index contributed by atoms with van der Waals surface area (Å²) in [5.74, 6) is 0. The van der Waals surface area contributed by atoms with Crippen LogP contribution in [-0.4, -0.2) is 36.7 Å². The third-order valence-electron chi connectivity index (χ3n) is 5.67. The van der Waals surface area contributed by atoms with E-state index in [0.717, 1.165) is 73.7 Å². The Labute approximate surface area is 194 Å². The molecule has 0 bridgehead atoms. The van der Waals surface area contributed by atoms with Crippen LogP contribution in [0.4, 0.5) is 0 Å². The molecule has 0 unspecified atom stereocenters. The minimum atomic E-state index is 0.784. The van der Waals surface area contributed by atoms with Gasteiger partial charge in [0, 0.05) is 47.0 Å². The molecule has 3 N–H and O–H groups in total. The fraction of sp³-hybridized carbons (Fsp3) is 0.120. The van der Waals surface area contributed by atoms with Crippen molar-refractivity contribution in [3.63, 3.8) is 0 Å². The van der Waals surface area contributed by atoms with Crippen molar-refractivity contribution in [1.29, 1.82) is 0 Å². The maximum absolute atomic E-state index is 4.65. The second-order valence-electron chi connectivity index (χ2n) is 7.83. The minimum absolute atomic E-state index is 0.784. The molecule has 0 atom stereocenters. The maximum atomic E-state index is 4.65. The summed E-state index contributed by atoms with van der Waals surface area (Å²) in [5.41, 5.74) is 7.70. The van der Waals surface area contributed by atoms with E-state index in [1.54, 1.807) is 11.3 Å². The minimum Gasteiger partial charge on any atom is -0.353 e. The molecule has 0 amide bonds. The van der Waals surface area contributed by atoms with Gasteiger partial charge in [-0.25, -0.2) is 0 Å². The van der Waals surface area contributed by atoms with Crippen LogP contribution in [0.2, 0.25) is 0 Å². The van der Waals surface area contributed by atoms with Gasteiger partial charge in [-0.2, -0.15) is 5.10 Å². The molecule has 0 spiro atoms. The fourth-order valence-corrected chi connectivity index (χ4v) is 4.80. The second kappa shape index (κ2) is 8.23. The number of hydrogen-bond acceptors (Lipinski definition) is 6. The summed E-state index contributed by atoms with van der Waals surface area (Å²) in [4.78, 5) is 18.4. The van der Waals surface area contributed by atoms with E-state index in [1.807, 2.05) is 36.9 Å². The Bertz CT molecular complexity index is 1560. The molecule has 0 saturated carbocycles. The standard InChI is InChI=1S/C25H21N7S/c1-2-26-11-15-8-16(13-27-12-15)20-9-18-22(14-29-20)31-32-24(18)21-10-17-19(30-21)5-6-28-25(17)23-4-3-7-33-23/h3-10,12-14,26,30H,2,11H2,1H3,(H,31,32). The van der Waals surface area contributed by atoms with E-state index in [2.05, 4.69) is 72.0 Å². The smallest absolute Gasteiger partial charge is 0.116 e. The van der Waals surface area contributed by atoms with Crippen LogP contribution in [0, 0.1) is 0 Å². The molecule has 0 fully saturated rings. The summed E-state index contributed by atoms with van der Waals surface area (Å²) in [6, 6.07) is 12.5. The second-order valence-corrected chi connectivity index (χ2v) is 8.78. The Hall–Kier alpha value is -3.88. The van der Waals surface area contributed by atoms with Gasteiger partial charge in [0.2, 0.25) is 0 Å². The van der Waals surface area contributed by atoms with E-state index in [9.17, 15) is 0 Å². The summed E-state index contributed by atoms with van der Waals surface area (Å²) in [6.07, 6.45) is 7.41. The zero-order valence-electron chi connectivity index (χ0n) is 18.0. The third kappa shape index (κ3) is 3.59. The van der Waals surface area contributed by atoms with Crippen LogP contribution in [0.3, 0.4) is 0 Å². The first-order valence-corrected chi connectivity index (χ1v) is 11.7. The van der Waals surface area contributed by atoms with Gasteiger partial charge >= 0.3 is 0 Å². The predicted molar refractivity (Wildman–Crippen MR) is 133 cm³/mol. The molecule has 0 aliphatic heterocycles. The van der Waals surface area contributed by atoms with E-state index in [4.69, 9.17) is 0 Å². The topological polar surface area (TPSA) is 95.2 Å². The number of fused-ring (bicyclic) bond motifs is 2. The van der Waals surface area contributed by atoms with Crippen molar-refractivity contribution in [3.8, 4) is 33.2 Å². The highest BCUT2D eigenvalue weighted by Gasteiger charge is 2.15. The lowest BCUT2D eigenvalue weighted by molar-refractivity contribution is 0.724. The summed E-state index contributed by atoms with van der Waals surface area (Å²) in [5, 5.41) is 15.2. The SMILES string of the molecule is CCNCc1cncc(-c2cc3c(-c4cc5c(-c6cccs6)nccc5[nH]4)n[nH]c3cn2)c1. The monoisotopic (exact) mass is 451 g/mol. The summed E-state index contributed by atoms with van der Waals surface area (Å²) in [7, 11) is 0. The molecular formula is C25H21N7S. The molecule has 0 aliphatic carbocycles. The molecule has 0 aromatic carbocycles. The number of nitrogens with zero attached hydrogens (tertiary/aromatic N) is 4. The lowest BCUT2D eigenvalue weighted by Gasteiger charge is -2.05. The van der Waals surface area contributed by atoms with Gasteiger partial charge in [-0.05, 0) is 47.8 Å². The summed E-state index contributed by atoms with van der Waals surface area (Å²) in [6.45, 7) is 3.80. The van der Waals surface area contributed by atoms with Gasteiger partial charge in [-0.1, -0.05) is 13.0 Å². The molecule has 7 nitrogen and oxygen atoms in total. The van der Waals surface area contributed by atoms with E-state index in [-0.39, 0.29) is 0 Å². The largest absolute Gasteiger partial charge is 0.353 e. The van der Waals surface area contributed by atoms with Crippen LogP contribution in [-0.2, 0) is 6.54 Å². The van der Waals surface area contributed by atoms with Crippen LogP contribution < -0.4 is 5.32 Å². The number of H-pyrrole nitrogens is 2. The number of nitrogens with one attached hydrogen (secondary N) is 3. The molecule has 6 aromatic rings. The van der Waals surface area contributed by atoms with Crippen molar-refractivity contribution in [1.82, 2.24) is 35.5 Å². The molecule has 8 heteroatoms. The van der Waals surface area contributed by atoms with Crippen LogP contribution in [0.25, 0.3) is 55.0 Å². The van der Waals surface area contributed by atoms with Crippen LogP contribution in [0.1, 0.15) is 12.5 Å². The summed E-state index contributed by atoms with van der Waals surface area (Å²) < 4.78 is 0. The van der Waals surface area contributed by atoms with Gasteiger partial charge in [-0.3, -0.25) is 20.1 Å². The molecule has 6 rings (SSSR count). The van der Waals surface area contributed by atoms with Crippen molar-refractivity contribution in [2.24, 2.45) is 0 Å². The van der Waals surface area contributed by atoms with Gasteiger partial charge in [0.15, 0.2) is 0 Å². The van der Waals surface area contributed by atoms with Crippen molar-refractivity contribution in [2.75, 3.05) is 6.54 Å². The van der Waals surface area contributed by atoms with Gasteiger partial charge in [0.05, 0.1) is 33.7 Å². The number of thiophene rings is 1. The molecule has 6 aromatic heterocycles. The Morgan fingerprint density at radius 1 is 0.970 bits per heavy atom. The van der Waals surface area contributed by atoms with Crippen LogP contribution >= 0.6 is 11.3 Å². The highest BCUT2D eigenvalue weighted by atomic mass is 32.1. The lowest BCUT2D eigenvalue weighted by Crippen LogP contribution is -2.11. The molecular weight excluding hydrogens is 430 g/mol. The Balaban J connectivity index is 1.44. The van der Waals surface area contributed by atoms with E-state index in [1.165, 1.54) is 0 Å². The average molecular weight is 452 g/mol. The Morgan fingerprint density at radius 3 is 2.79 bits per heavy atom. The Morgan fingerprint density at radius 2 is 1.91 bits per heavy atom. The van der Waals surface area contributed by atoms with E-state index >= 15 is 0 Å². The average Bonchev–Trinajstić information content (AvgIpc) is 3.61. The number of aromatic amines is 2. The Kier molecular flexibility index (Phi) is 4.93. The van der Waals surface area contributed by atoms with E-state index < -0.39 is 0 Å². The first-order valence-electron chi connectivity index (χ1n) is 10.8. The number of hydrogen-bond donors (Lipinski definition) is 3. The van der Waals surface area contributed by atoms with Crippen LogP contribution in [0.5, 0.6) is 0 Å².